The fourth-order valence-corrected chi connectivity index (χ4v) is 0.385. The standard InChI is InChI=1S/C6H6.CH4.H2O/c1-2-4-6-5-3-1;;/h1-6H;1H4;1H2. The maximum atomic E-state index is 2.00. The van der Waals surface area contributed by atoms with E-state index < -0.39 is 0 Å². The van der Waals surface area contributed by atoms with Crippen molar-refractivity contribution >= 4 is 0 Å². The smallest absolute Gasteiger partial charge is 0.0623 e. The molecule has 0 saturated carbocycles. The second-order valence-electron chi connectivity index (χ2n) is 1.15. The van der Waals surface area contributed by atoms with Gasteiger partial charge in [0.15, 0.2) is 0 Å². The van der Waals surface area contributed by atoms with Crippen LogP contribution in [-0.4, -0.2) is 5.48 Å². The monoisotopic (exact) mass is 112 g/mol. The molecular formula is C7H12O. The van der Waals surface area contributed by atoms with E-state index in [1.54, 1.807) is 0 Å². The molecular weight excluding hydrogens is 100 g/mol. The molecule has 0 heterocycles. The molecule has 0 aliphatic heterocycles. The lowest BCUT2D eigenvalue weighted by atomic mass is 10.4. The first-order chi connectivity index (χ1) is 3.00. The first-order valence-corrected chi connectivity index (χ1v) is 2.00. The predicted octanol–water partition coefficient (Wildman–Crippen LogP) is 1.50. The minimum absolute atomic E-state index is 0. The summed E-state index contributed by atoms with van der Waals surface area (Å²) in [7, 11) is 0. The molecule has 0 amide bonds. The van der Waals surface area contributed by atoms with Crippen LogP contribution in [0.15, 0.2) is 36.4 Å². The lowest BCUT2D eigenvalue weighted by molar-refractivity contribution is 0.824. The van der Waals surface area contributed by atoms with Crippen LogP contribution >= 0.6 is 0 Å². The molecule has 0 bridgehead atoms. The average molecular weight is 112 g/mol. The Balaban J connectivity index is 0. The van der Waals surface area contributed by atoms with Crippen molar-refractivity contribution in [3.63, 3.8) is 0 Å². The molecule has 46 valence electrons. The van der Waals surface area contributed by atoms with Crippen molar-refractivity contribution < 1.29 is 5.48 Å². The quantitative estimate of drug-likeness (QED) is 0.487. The molecule has 0 atom stereocenters. The summed E-state index contributed by atoms with van der Waals surface area (Å²) in [6.45, 7) is 0. The van der Waals surface area contributed by atoms with E-state index in [0.717, 1.165) is 0 Å². The molecule has 0 unspecified atom stereocenters. The van der Waals surface area contributed by atoms with Gasteiger partial charge in [0.25, 0.3) is 0 Å². The normalized spacial score (nSPS) is 6.00. The third kappa shape index (κ3) is 3.37. The van der Waals surface area contributed by atoms with Gasteiger partial charge in [-0.2, -0.15) is 0 Å². The Morgan fingerprint density at radius 3 is 0.750 bits per heavy atom. The lowest BCUT2D eigenvalue weighted by Crippen LogP contribution is -1.47. The molecule has 1 rings (SSSR count). The highest BCUT2D eigenvalue weighted by molar-refractivity contribution is 4.99. The molecule has 0 aliphatic rings. The van der Waals surface area contributed by atoms with E-state index in [-0.39, 0.29) is 12.9 Å². The molecule has 0 fully saturated rings. The summed E-state index contributed by atoms with van der Waals surface area (Å²) >= 11 is 0. The molecule has 0 radical (unpaired) electrons. The zero-order valence-electron chi connectivity index (χ0n) is 3.96. The number of rotatable bonds is 0. The summed E-state index contributed by atoms with van der Waals surface area (Å²) in [5, 5.41) is 0. The third-order valence-electron chi connectivity index (χ3n) is 0.667. The van der Waals surface area contributed by atoms with Crippen molar-refractivity contribution in [3.8, 4) is 0 Å². The largest absolute Gasteiger partial charge is 0.412 e. The Bertz CT molecular complexity index is 76.3. The Morgan fingerprint density at radius 1 is 0.500 bits per heavy atom. The zero-order valence-corrected chi connectivity index (χ0v) is 3.96. The van der Waals surface area contributed by atoms with Gasteiger partial charge in [0.2, 0.25) is 0 Å². The number of benzene rings is 1. The highest BCUT2D eigenvalue weighted by Gasteiger charge is 1.57. The topological polar surface area (TPSA) is 31.5 Å². The van der Waals surface area contributed by atoms with E-state index in [4.69, 9.17) is 0 Å². The van der Waals surface area contributed by atoms with Gasteiger partial charge in [0.1, 0.15) is 0 Å². The van der Waals surface area contributed by atoms with Crippen molar-refractivity contribution in [2.75, 3.05) is 0 Å². The summed E-state index contributed by atoms with van der Waals surface area (Å²) < 4.78 is 0. The van der Waals surface area contributed by atoms with Gasteiger partial charge >= 0.3 is 0 Å². The predicted molar refractivity (Wildman–Crippen MR) is 36.8 cm³/mol. The van der Waals surface area contributed by atoms with Crippen LogP contribution in [0.1, 0.15) is 7.43 Å². The van der Waals surface area contributed by atoms with Crippen LogP contribution in [0.3, 0.4) is 0 Å². The second kappa shape index (κ2) is 6.18. The molecule has 1 nitrogen and oxygen atoms in total. The van der Waals surface area contributed by atoms with Crippen LogP contribution in [0.25, 0.3) is 0 Å². The minimum Gasteiger partial charge on any atom is -0.412 e. The molecule has 2 N–H and O–H groups in total. The summed E-state index contributed by atoms with van der Waals surface area (Å²) in [4.78, 5) is 0. The van der Waals surface area contributed by atoms with Gasteiger partial charge in [-0.15, -0.1) is 0 Å². The molecule has 0 spiro atoms. The third-order valence-corrected chi connectivity index (χ3v) is 0.667. The van der Waals surface area contributed by atoms with Crippen molar-refractivity contribution in [1.29, 1.82) is 0 Å². The molecule has 1 heteroatoms. The van der Waals surface area contributed by atoms with Crippen LogP contribution in [0.5, 0.6) is 0 Å². The van der Waals surface area contributed by atoms with Crippen molar-refractivity contribution in [1.82, 2.24) is 0 Å². The van der Waals surface area contributed by atoms with Crippen LogP contribution in [0.4, 0.5) is 0 Å². The van der Waals surface area contributed by atoms with Gasteiger partial charge in [-0.1, -0.05) is 43.8 Å². The SMILES string of the molecule is C.O.c1ccccc1. The lowest BCUT2D eigenvalue weighted by Gasteiger charge is -1.69. The molecule has 0 saturated heterocycles. The van der Waals surface area contributed by atoms with E-state index in [0.29, 0.717) is 0 Å². The minimum atomic E-state index is 0. The number of hydrogen-bond acceptors (Lipinski definition) is 0. The van der Waals surface area contributed by atoms with E-state index in [1.165, 1.54) is 0 Å². The van der Waals surface area contributed by atoms with Gasteiger partial charge in [0, 0.05) is 0 Å². The van der Waals surface area contributed by atoms with E-state index in [9.17, 15) is 0 Å². The second-order valence-corrected chi connectivity index (χ2v) is 1.15. The van der Waals surface area contributed by atoms with E-state index in [1.807, 2.05) is 36.4 Å². The first-order valence-electron chi connectivity index (χ1n) is 2.00. The molecule has 8 heavy (non-hydrogen) atoms. The average Bonchev–Trinajstić information content (AvgIpc) is 1.72. The molecule has 1 aromatic carbocycles. The Morgan fingerprint density at radius 2 is 0.625 bits per heavy atom. The molecule has 0 aromatic heterocycles. The Hall–Kier alpha value is -0.820. The van der Waals surface area contributed by atoms with Crippen molar-refractivity contribution in [2.24, 2.45) is 0 Å². The summed E-state index contributed by atoms with van der Waals surface area (Å²) in [6.07, 6.45) is 0. The van der Waals surface area contributed by atoms with Gasteiger partial charge < -0.3 is 5.48 Å². The highest BCUT2D eigenvalue weighted by atomic mass is 16.0. The maximum absolute atomic E-state index is 2.00. The molecule has 1 aromatic rings. The summed E-state index contributed by atoms with van der Waals surface area (Å²) in [6, 6.07) is 12.0. The van der Waals surface area contributed by atoms with Gasteiger partial charge in [-0.05, 0) is 0 Å². The fraction of sp³-hybridized carbons (Fsp3) is 0.143. The number of hydrogen-bond donors (Lipinski definition) is 0. The molecule has 0 aliphatic carbocycles. The van der Waals surface area contributed by atoms with Gasteiger partial charge in [-0.3, -0.25) is 0 Å². The zero-order chi connectivity index (χ0) is 4.24. The summed E-state index contributed by atoms with van der Waals surface area (Å²) in [5.74, 6) is 0. The van der Waals surface area contributed by atoms with Crippen LogP contribution < -0.4 is 0 Å². The Labute approximate surface area is 50.3 Å². The maximum Gasteiger partial charge on any atom is -0.0623 e. The Kier molecular flexibility index (Phi) is 7.89. The van der Waals surface area contributed by atoms with Crippen molar-refractivity contribution in [2.45, 2.75) is 7.43 Å². The van der Waals surface area contributed by atoms with Gasteiger partial charge in [-0.25, -0.2) is 0 Å². The van der Waals surface area contributed by atoms with E-state index in [2.05, 4.69) is 0 Å². The van der Waals surface area contributed by atoms with Crippen molar-refractivity contribution in [3.05, 3.63) is 36.4 Å². The van der Waals surface area contributed by atoms with E-state index >= 15 is 0 Å². The summed E-state index contributed by atoms with van der Waals surface area (Å²) in [5.41, 5.74) is 0. The first kappa shape index (κ1) is 10.2. The fourth-order valence-electron chi connectivity index (χ4n) is 0.385. The van der Waals surface area contributed by atoms with Crippen LogP contribution in [0.2, 0.25) is 0 Å². The van der Waals surface area contributed by atoms with Gasteiger partial charge in [0.05, 0.1) is 0 Å². The highest BCUT2D eigenvalue weighted by Crippen LogP contribution is 1.79. The van der Waals surface area contributed by atoms with Crippen LogP contribution in [-0.2, 0) is 0 Å². The van der Waals surface area contributed by atoms with Crippen LogP contribution in [0, 0.1) is 0 Å².